The first-order valence-electron chi connectivity index (χ1n) is 7.89. The lowest BCUT2D eigenvalue weighted by Crippen LogP contribution is -2.33. The van der Waals surface area contributed by atoms with E-state index >= 15 is 0 Å². The molecular formula is C16H28N4O3. The van der Waals surface area contributed by atoms with Gasteiger partial charge in [0.2, 0.25) is 11.8 Å². The number of alkyl carbamates (subject to hydrolysis) is 1. The highest BCUT2D eigenvalue weighted by atomic mass is 16.6. The standard InChI is InChI=1S/C16H28N4O3/c1-11(2)22-13-10-12(3)19-14(20-13)17-8-7-9-18-15(21)23-16(4,5)6/h10-11H,7-9H2,1-6H3,(H,18,21)(H,17,19,20). The number of nitrogens with one attached hydrogen (secondary N) is 2. The second-order valence-electron chi connectivity index (χ2n) is 6.55. The van der Waals surface area contributed by atoms with Gasteiger partial charge in [-0.05, 0) is 48.0 Å². The number of carbonyl (C=O) groups is 1. The molecular weight excluding hydrogens is 296 g/mol. The molecule has 1 aromatic rings. The van der Waals surface area contributed by atoms with E-state index in [0.717, 1.165) is 12.1 Å². The molecule has 0 aliphatic carbocycles. The fourth-order valence-corrected chi connectivity index (χ4v) is 1.71. The molecule has 0 spiro atoms. The topological polar surface area (TPSA) is 85.4 Å². The number of hydrogen-bond donors (Lipinski definition) is 2. The molecule has 0 aliphatic rings. The Morgan fingerprint density at radius 3 is 2.57 bits per heavy atom. The summed E-state index contributed by atoms with van der Waals surface area (Å²) >= 11 is 0. The fraction of sp³-hybridized carbons (Fsp3) is 0.688. The number of hydrogen-bond acceptors (Lipinski definition) is 6. The Morgan fingerprint density at radius 2 is 1.96 bits per heavy atom. The maximum Gasteiger partial charge on any atom is 0.407 e. The Hall–Kier alpha value is -2.05. The molecule has 0 radical (unpaired) electrons. The van der Waals surface area contributed by atoms with Gasteiger partial charge in [-0.2, -0.15) is 4.98 Å². The molecule has 7 heteroatoms. The quantitative estimate of drug-likeness (QED) is 0.750. The maximum absolute atomic E-state index is 11.5. The highest BCUT2D eigenvalue weighted by Crippen LogP contribution is 2.13. The van der Waals surface area contributed by atoms with Gasteiger partial charge in [0.15, 0.2) is 0 Å². The van der Waals surface area contributed by atoms with Crippen molar-refractivity contribution in [2.75, 3.05) is 18.4 Å². The SMILES string of the molecule is Cc1cc(OC(C)C)nc(NCCCNC(=O)OC(C)(C)C)n1. The third kappa shape index (κ3) is 8.85. The van der Waals surface area contributed by atoms with Crippen LogP contribution in [0.5, 0.6) is 5.88 Å². The monoisotopic (exact) mass is 324 g/mol. The highest BCUT2D eigenvalue weighted by Gasteiger charge is 2.15. The summed E-state index contributed by atoms with van der Waals surface area (Å²) in [4.78, 5) is 20.1. The Labute approximate surface area is 138 Å². The van der Waals surface area contributed by atoms with Crippen LogP contribution in [0.2, 0.25) is 0 Å². The van der Waals surface area contributed by atoms with Gasteiger partial charge in [0.25, 0.3) is 0 Å². The zero-order chi connectivity index (χ0) is 17.5. The van der Waals surface area contributed by atoms with Crippen molar-refractivity contribution in [2.45, 2.75) is 59.7 Å². The van der Waals surface area contributed by atoms with Crippen LogP contribution >= 0.6 is 0 Å². The number of carbonyl (C=O) groups excluding carboxylic acids is 1. The molecule has 1 heterocycles. The lowest BCUT2D eigenvalue weighted by Gasteiger charge is -2.19. The number of aromatic nitrogens is 2. The third-order valence-electron chi connectivity index (χ3n) is 2.49. The van der Waals surface area contributed by atoms with Crippen LogP contribution < -0.4 is 15.4 Å². The Morgan fingerprint density at radius 1 is 1.26 bits per heavy atom. The summed E-state index contributed by atoms with van der Waals surface area (Å²) < 4.78 is 10.7. The van der Waals surface area contributed by atoms with Gasteiger partial charge >= 0.3 is 6.09 Å². The molecule has 0 aliphatic heterocycles. The van der Waals surface area contributed by atoms with Crippen LogP contribution in [0, 0.1) is 6.92 Å². The summed E-state index contributed by atoms with van der Waals surface area (Å²) in [5.41, 5.74) is 0.356. The lowest BCUT2D eigenvalue weighted by molar-refractivity contribution is 0.0528. The van der Waals surface area contributed by atoms with Gasteiger partial charge in [0, 0.05) is 24.8 Å². The van der Waals surface area contributed by atoms with Crippen LogP contribution in [-0.4, -0.2) is 40.9 Å². The Kier molecular flexibility index (Phi) is 7.06. The predicted molar refractivity (Wildman–Crippen MR) is 89.9 cm³/mol. The van der Waals surface area contributed by atoms with E-state index < -0.39 is 11.7 Å². The highest BCUT2D eigenvalue weighted by molar-refractivity contribution is 5.67. The number of nitrogens with zero attached hydrogens (tertiary/aromatic N) is 2. The molecule has 0 unspecified atom stereocenters. The van der Waals surface area contributed by atoms with Crippen molar-refractivity contribution >= 4 is 12.0 Å². The molecule has 1 amide bonds. The van der Waals surface area contributed by atoms with Crippen LogP contribution in [0.1, 0.15) is 46.7 Å². The smallest absolute Gasteiger partial charge is 0.407 e. The van der Waals surface area contributed by atoms with Gasteiger partial charge in [-0.15, -0.1) is 0 Å². The van der Waals surface area contributed by atoms with Gasteiger partial charge in [-0.3, -0.25) is 0 Å². The minimum atomic E-state index is -0.482. The number of rotatable bonds is 7. The molecule has 0 fully saturated rings. The van der Waals surface area contributed by atoms with Crippen molar-refractivity contribution < 1.29 is 14.3 Å². The first-order valence-corrected chi connectivity index (χ1v) is 7.89. The van der Waals surface area contributed by atoms with E-state index in [9.17, 15) is 4.79 Å². The van der Waals surface area contributed by atoms with Crippen molar-refractivity contribution in [3.63, 3.8) is 0 Å². The van der Waals surface area contributed by atoms with E-state index in [1.54, 1.807) is 6.07 Å². The van der Waals surface area contributed by atoms with E-state index in [4.69, 9.17) is 9.47 Å². The fourth-order valence-electron chi connectivity index (χ4n) is 1.71. The van der Waals surface area contributed by atoms with Gasteiger partial charge in [-0.1, -0.05) is 0 Å². The predicted octanol–water partition coefficient (Wildman–Crippen LogP) is 2.90. The van der Waals surface area contributed by atoms with Gasteiger partial charge < -0.3 is 20.1 Å². The number of amides is 1. The lowest BCUT2D eigenvalue weighted by atomic mass is 10.2. The summed E-state index contributed by atoms with van der Waals surface area (Å²) in [7, 11) is 0. The largest absolute Gasteiger partial charge is 0.475 e. The van der Waals surface area contributed by atoms with E-state index in [0.29, 0.717) is 24.9 Å². The zero-order valence-corrected chi connectivity index (χ0v) is 14.9. The minimum Gasteiger partial charge on any atom is -0.475 e. The zero-order valence-electron chi connectivity index (χ0n) is 14.9. The number of anilines is 1. The summed E-state index contributed by atoms with van der Waals surface area (Å²) in [5.74, 6) is 1.08. The van der Waals surface area contributed by atoms with E-state index in [-0.39, 0.29) is 6.10 Å². The van der Waals surface area contributed by atoms with Crippen molar-refractivity contribution in [1.29, 1.82) is 0 Å². The van der Waals surface area contributed by atoms with Crippen LogP contribution in [0.3, 0.4) is 0 Å². The molecule has 0 saturated carbocycles. The van der Waals surface area contributed by atoms with Crippen molar-refractivity contribution in [2.24, 2.45) is 0 Å². The molecule has 0 saturated heterocycles. The van der Waals surface area contributed by atoms with Gasteiger partial charge in [-0.25, -0.2) is 9.78 Å². The molecule has 1 rings (SSSR count). The van der Waals surface area contributed by atoms with Crippen molar-refractivity contribution in [1.82, 2.24) is 15.3 Å². The molecule has 0 aromatic carbocycles. The Balaban J connectivity index is 2.33. The van der Waals surface area contributed by atoms with Gasteiger partial charge in [0.1, 0.15) is 5.60 Å². The van der Waals surface area contributed by atoms with Crippen LogP contribution in [0.15, 0.2) is 6.07 Å². The van der Waals surface area contributed by atoms with Crippen molar-refractivity contribution in [3.8, 4) is 5.88 Å². The maximum atomic E-state index is 11.5. The molecule has 0 bridgehead atoms. The number of aryl methyl sites for hydroxylation is 1. The Bertz CT molecular complexity index is 513. The minimum absolute atomic E-state index is 0.0650. The second-order valence-corrected chi connectivity index (χ2v) is 6.55. The average Bonchev–Trinajstić information content (AvgIpc) is 2.34. The number of ether oxygens (including phenoxy) is 2. The molecule has 0 atom stereocenters. The summed E-state index contributed by atoms with van der Waals surface area (Å²) in [6.07, 6.45) is 0.392. The molecule has 23 heavy (non-hydrogen) atoms. The van der Waals surface area contributed by atoms with Crippen LogP contribution in [-0.2, 0) is 4.74 Å². The normalized spacial score (nSPS) is 11.3. The average molecular weight is 324 g/mol. The molecule has 2 N–H and O–H groups in total. The van der Waals surface area contributed by atoms with E-state index in [2.05, 4.69) is 20.6 Å². The third-order valence-corrected chi connectivity index (χ3v) is 2.49. The van der Waals surface area contributed by atoms with Crippen LogP contribution in [0.25, 0.3) is 0 Å². The first-order chi connectivity index (χ1) is 10.7. The molecule has 1 aromatic heterocycles. The van der Waals surface area contributed by atoms with Gasteiger partial charge in [0.05, 0.1) is 6.10 Å². The molecule has 130 valence electrons. The summed E-state index contributed by atoms with van der Waals surface area (Å²) in [6.45, 7) is 12.5. The van der Waals surface area contributed by atoms with Crippen LogP contribution in [0.4, 0.5) is 10.7 Å². The van der Waals surface area contributed by atoms with E-state index in [1.807, 2.05) is 41.5 Å². The molecule has 7 nitrogen and oxygen atoms in total. The summed E-state index contributed by atoms with van der Waals surface area (Å²) in [5, 5.41) is 5.83. The van der Waals surface area contributed by atoms with E-state index in [1.165, 1.54) is 0 Å². The summed E-state index contributed by atoms with van der Waals surface area (Å²) in [6, 6.07) is 1.80. The van der Waals surface area contributed by atoms with Crippen molar-refractivity contribution in [3.05, 3.63) is 11.8 Å². The second kappa shape index (κ2) is 8.55. The first kappa shape index (κ1) is 19.0.